The largest absolute Gasteiger partial charge is 0.390 e. The van der Waals surface area contributed by atoms with Crippen LogP contribution in [0.5, 0.6) is 0 Å². The van der Waals surface area contributed by atoms with Crippen molar-refractivity contribution >= 4 is 0 Å². The number of nitrogens with zero attached hydrogens (tertiary/aromatic N) is 1. The highest BCUT2D eigenvalue weighted by Crippen LogP contribution is 2.50. The van der Waals surface area contributed by atoms with E-state index in [1.54, 1.807) is 0 Å². The summed E-state index contributed by atoms with van der Waals surface area (Å²) >= 11 is 0. The second kappa shape index (κ2) is 6.86. The summed E-state index contributed by atoms with van der Waals surface area (Å²) in [5.74, 6) is -0.176. The highest BCUT2D eigenvalue weighted by molar-refractivity contribution is 5.19. The smallest absolute Gasteiger partial charge is 0.294 e. The van der Waals surface area contributed by atoms with Gasteiger partial charge in [0.1, 0.15) is 23.4 Å². The number of aliphatic hydroxyl groups excluding tert-OH is 2. The van der Waals surface area contributed by atoms with Gasteiger partial charge < -0.3 is 29.6 Å². The van der Waals surface area contributed by atoms with Crippen molar-refractivity contribution in [3.8, 4) is 0 Å². The van der Waals surface area contributed by atoms with E-state index in [4.69, 9.17) is 9.47 Å². The molecule has 0 aliphatic carbocycles. The Kier molecular flexibility index (Phi) is 5.47. The maximum Gasteiger partial charge on any atom is 0.294 e. The molecular formula is C14H25NO8. The normalized spacial score (nSPS) is 37.8. The van der Waals surface area contributed by atoms with Gasteiger partial charge in [0, 0.05) is 0 Å². The summed E-state index contributed by atoms with van der Waals surface area (Å²) < 4.78 is 11.3. The van der Waals surface area contributed by atoms with Crippen molar-refractivity contribution < 1.29 is 34.7 Å². The summed E-state index contributed by atoms with van der Waals surface area (Å²) in [6.07, 6.45) is -1.60. The van der Waals surface area contributed by atoms with Crippen LogP contribution in [0.15, 0.2) is 0 Å². The molecule has 2 saturated heterocycles. The quantitative estimate of drug-likeness (QED) is 0.311. The van der Waals surface area contributed by atoms with Gasteiger partial charge in [0.25, 0.3) is 5.09 Å². The highest BCUT2D eigenvalue weighted by Gasteiger charge is 2.70. The Balaban J connectivity index is 2.00. The molecule has 0 aromatic rings. The van der Waals surface area contributed by atoms with Crippen LogP contribution in [0.3, 0.4) is 0 Å². The fourth-order valence-corrected chi connectivity index (χ4v) is 3.78. The second-order valence-corrected chi connectivity index (χ2v) is 6.55. The van der Waals surface area contributed by atoms with E-state index in [9.17, 15) is 25.4 Å². The van der Waals surface area contributed by atoms with Crippen molar-refractivity contribution in [2.75, 3.05) is 19.8 Å². The second-order valence-electron chi connectivity index (χ2n) is 6.55. The zero-order valence-corrected chi connectivity index (χ0v) is 13.4. The van der Waals surface area contributed by atoms with Crippen LogP contribution in [0.25, 0.3) is 0 Å². The minimum Gasteiger partial charge on any atom is -0.390 e. The van der Waals surface area contributed by atoms with E-state index in [1.807, 2.05) is 13.8 Å². The molecule has 0 aromatic heterocycles. The molecule has 2 aliphatic rings. The van der Waals surface area contributed by atoms with E-state index in [0.717, 1.165) is 0 Å². The summed E-state index contributed by atoms with van der Waals surface area (Å²) in [5.41, 5.74) is -2.80. The van der Waals surface area contributed by atoms with Crippen LogP contribution >= 0.6 is 0 Å². The lowest BCUT2D eigenvalue weighted by Crippen LogP contribution is -2.65. The van der Waals surface area contributed by atoms with Gasteiger partial charge in [0.05, 0.1) is 25.9 Å². The molecule has 9 heteroatoms. The fourth-order valence-electron chi connectivity index (χ4n) is 3.78. The van der Waals surface area contributed by atoms with Crippen LogP contribution in [0.1, 0.15) is 33.1 Å². The third kappa shape index (κ3) is 3.03. The molecule has 134 valence electrons. The number of aliphatic hydroxyl groups is 3. The van der Waals surface area contributed by atoms with Crippen LogP contribution in [-0.4, -0.2) is 69.7 Å². The van der Waals surface area contributed by atoms with E-state index in [2.05, 4.69) is 4.84 Å². The molecule has 0 spiro atoms. The van der Waals surface area contributed by atoms with Gasteiger partial charge in [-0.25, -0.2) is 0 Å². The monoisotopic (exact) mass is 335 g/mol. The SMILES string of the molecule is CC(C)[C@]12OC[C@@H](O)[C@H]1OC[C@]2(O)C(O)CCCCO[N+](=O)[O-]. The molecule has 2 heterocycles. The predicted molar refractivity (Wildman–Crippen MR) is 77.0 cm³/mol. The van der Waals surface area contributed by atoms with E-state index >= 15 is 0 Å². The van der Waals surface area contributed by atoms with E-state index in [-0.39, 0.29) is 32.2 Å². The van der Waals surface area contributed by atoms with Crippen LogP contribution in [-0.2, 0) is 14.3 Å². The van der Waals surface area contributed by atoms with Crippen LogP contribution in [0.4, 0.5) is 0 Å². The Bertz CT molecular complexity index is 433. The van der Waals surface area contributed by atoms with E-state index in [0.29, 0.717) is 12.8 Å². The molecule has 2 fully saturated rings. The van der Waals surface area contributed by atoms with Gasteiger partial charge in [-0.15, -0.1) is 10.1 Å². The summed E-state index contributed by atoms with van der Waals surface area (Å²) in [6, 6.07) is 0. The lowest BCUT2D eigenvalue weighted by molar-refractivity contribution is -0.757. The van der Waals surface area contributed by atoms with Crippen molar-refractivity contribution in [1.82, 2.24) is 0 Å². The number of ether oxygens (including phenoxy) is 2. The first-order valence-corrected chi connectivity index (χ1v) is 7.87. The first-order valence-electron chi connectivity index (χ1n) is 7.87. The van der Waals surface area contributed by atoms with Gasteiger partial charge in [0.2, 0.25) is 0 Å². The molecule has 2 rings (SSSR count). The Labute approximate surface area is 134 Å². The van der Waals surface area contributed by atoms with Gasteiger partial charge in [-0.1, -0.05) is 13.8 Å². The maximum atomic E-state index is 11.1. The number of fused-ring (bicyclic) bond motifs is 1. The number of unbranched alkanes of at least 4 members (excludes halogenated alkanes) is 1. The topological polar surface area (TPSA) is 132 Å². The lowest BCUT2D eigenvalue weighted by atomic mass is 9.70. The minimum atomic E-state index is -1.63. The minimum absolute atomic E-state index is 0.0502. The molecule has 9 nitrogen and oxygen atoms in total. The molecule has 0 saturated carbocycles. The van der Waals surface area contributed by atoms with Gasteiger partial charge >= 0.3 is 0 Å². The molecule has 0 amide bonds. The first-order chi connectivity index (χ1) is 10.8. The fraction of sp³-hybridized carbons (Fsp3) is 1.00. The van der Waals surface area contributed by atoms with Gasteiger partial charge in [-0.3, -0.25) is 0 Å². The van der Waals surface area contributed by atoms with Gasteiger partial charge in [-0.2, -0.15) is 0 Å². The van der Waals surface area contributed by atoms with Crippen LogP contribution in [0.2, 0.25) is 0 Å². The average Bonchev–Trinajstić information content (AvgIpc) is 2.97. The molecule has 0 radical (unpaired) electrons. The standard InChI is InChI=1S/C14H25NO8/c1-9(2)14-12(10(16)7-22-14)21-8-13(14,18)11(17)5-3-4-6-23-15(19)20/h9-12,16-18H,3-8H2,1-2H3/t10-,11?,12-,13+,14+/m1/s1. The zero-order valence-electron chi connectivity index (χ0n) is 13.4. The zero-order chi connectivity index (χ0) is 17.3. The van der Waals surface area contributed by atoms with E-state index < -0.39 is 34.6 Å². The molecule has 1 unspecified atom stereocenters. The number of hydrogen-bond acceptors (Lipinski definition) is 8. The molecule has 5 atom stereocenters. The molecule has 0 bridgehead atoms. The Morgan fingerprint density at radius 2 is 2.13 bits per heavy atom. The maximum absolute atomic E-state index is 11.1. The number of rotatable bonds is 8. The van der Waals surface area contributed by atoms with Gasteiger partial charge in [-0.05, 0) is 25.2 Å². The van der Waals surface area contributed by atoms with Crippen molar-refractivity contribution in [3.05, 3.63) is 10.1 Å². The van der Waals surface area contributed by atoms with Crippen molar-refractivity contribution in [3.63, 3.8) is 0 Å². The molecule has 2 aliphatic heterocycles. The lowest BCUT2D eigenvalue weighted by Gasteiger charge is -2.45. The Morgan fingerprint density at radius 3 is 2.74 bits per heavy atom. The average molecular weight is 335 g/mol. The third-order valence-electron chi connectivity index (χ3n) is 4.90. The molecule has 0 aromatic carbocycles. The molecular weight excluding hydrogens is 310 g/mol. The summed E-state index contributed by atoms with van der Waals surface area (Å²) in [4.78, 5) is 14.3. The molecule has 23 heavy (non-hydrogen) atoms. The van der Waals surface area contributed by atoms with Crippen molar-refractivity contribution in [2.45, 2.75) is 62.6 Å². The van der Waals surface area contributed by atoms with E-state index in [1.165, 1.54) is 0 Å². The number of hydrogen-bond donors (Lipinski definition) is 3. The van der Waals surface area contributed by atoms with Crippen molar-refractivity contribution in [2.24, 2.45) is 5.92 Å². The molecule has 3 N–H and O–H groups in total. The first kappa shape index (κ1) is 18.3. The Morgan fingerprint density at radius 1 is 1.43 bits per heavy atom. The summed E-state index contributed by atoms with van der Waals surface area (Å²) in [6.45, 7) is 3.57. The van der Waals surface area contributed by atoms with Crippen LogP contribution < -0.4 is 0 Å². The van der Waals surface area contributed by atoms with Crippen molar-refractivity contribution in [1.29, 1.82) is 0 Å². The third-order valence-corrected chi connectivity index (χ3v) is 4.90. The summed E-state index contributed by atoms with van der Waals surface area (Å²) in [7, 11) is 0. The summed E-state index contributed by atoms with van der Waals surface area (Å²) in [5, 5.41) is 40.8. The Hall–Kier alpha value is -1.00. The predicted octanol–water partition coefficient (Wildman–Crippen LogP) is -0.358. The van der Waals surface area contributed by atoms with Gasteiger partial charge in [0.15, 0.2) is 0 Å². The van der Waals surface area contributed by atoms with Crippen LogP contribution in [0, 0.1) is 16.0 Å². The highest BCUT2D eigenvalue weighted by atomic mass is 16.9.